The van der Waals surface area contributed by atoms with Gasteiger partial charge in [0.15, 0.2) is 5.16 Å². The van der Waals surface area contributed by atoms with Crippen LogP contribution in [0.2, 0.25) is 0 Å². The quantitative estimate of drug-likeness (QED) is 0.543. The van der Waals surface area contributed by atoms with Gasteiger partial charge in [0.05, 0.1) is 11.4 Å². The van der Waals surface area contributed by atoms with E-state index in [9.17, 15) is 0 Å². The Labute approximate surface area is 126 Å². The van der Waals surface area contributed by atoms with E-state index in [1.165, 1.54) is 11.8 Å². The van der Waals surface area contributed by atoms with Crippen LogP contribution in [0.1, 0.15) is 17.5 Å². The number of aromatic nitrogens is 4. The van der Waals surface area contributed by atoms with Crippen molar-refractivity contribution in [2.45, 2.75) is 24.8 Å². The molecule has 0 amide bonds. The minimum absolute atomic E-state index is 0.568. The number of rotatable bonds is 4. The van der Waals surface area contributed by atoms with Crippen LogP contribution in [0.25, 0.3) is 11.3 Å². The SMILES string of the molecule is Cc1cc(-c2ccccc2)nc(SCc2nnc(C)o2)n1. The Hall–Kier alpha value is -2.21. The van der Waals surface area contributed by atoms with Crippen LogP contribution in [0.4, 0.5) is 0 Å². The van der Waals surface area contributed by atoms with Crippen molar-refractivity contribution >= 4 is 11.8 Å². The molecule has 6 heteroatoms. The van der Waals surface area contributed by atoms with Gasteiger partial charge in [0.2, 0.25) is 11.8 Å². The number of thioether (sulfide) groups is 1. The summed E-state index contributed by atoms with van der Waals surface area (Å²) in [5.41, 5.74) is 2.94. The molecule has 2 aromatic heterocycles. The molecule has 21 heavy (non-hydrogen) atoms. The zero-order valence-corrected chi connectivity index (χ0v) is 12.6. The maximum Gasteiger partial charge on any atom is 0.226 e. The van der Waals surface area contributed by atoms with E-state index in [0.29, 0.717) is 22.7 Å². The Bertz CT molecular complexity index is 742. The normalized spacial score (nSPS) is 10.8. The van der Waals surface area contributed by atoms with Crippen molar-refractivity contribution in [2.24, 2.45) is 0 Å². The standard InChI is InChI=1S/C15H14N4OS/c1-10-8-13(12-6-4-3-5-7-12)17-15(16-10)21-9-14-19-18-11(2)20-14/h3-8H,9H2,1-2H3. The van der Waals surface area contributed by atoms with E-state index in [2.05, 4.69) is 20.2 Å². The van der Waals surface area contributed by atoms with Gasteiger partial charge in [-0.15, -0.1) is 10.2 Å². The molecule has 0 fully saturated rings. The Balaban J connectivity index is 1.81. The zero-order chi connectivity index (χ0) is 14.7. The molecule has 1 aromatic carbocycles. The molecule has 0 spiro atoms. The maximum atomic E-state index is 5.35. The number of aryl methyl sites for hydroxylation is 2. The van der Waals surface area contributed by atoms with Crippen LogP contribution in [-0.2, 0) is 5.75 Å². The minimum atomic E-state index is 0.568. The minimum Gasteiger partial charge on any atom is -0.425 e. The zero-order valence-electron chi connectivity index (χ0n) is 11.8. The predicted octanol–water partition coefficient (Wildman–Crippen LogP) is 3.44. The molecule has 3 rings (SSSR count). The second kappa shape index (κ2) is 6.05. The molecule has 0 bridgehead atoms. The van der Waals surface area contributed by atoms with E-state index in [1.807, 2.05) is 43.3 Å². The smallest absolute Gasteiger partial charge is 0.226 e. The summed E-state index contributed by atoms with van der Waals surface area (Å²) >= 11 is 1.49. The van der Waals surface area contributed by atoms with Gasteiger partial charge in [-0.3, -0.25) is 0 Å². The molecule has 0 saturated heterocycles. The molecule has 106 valence electrons. The highest BCUT2D eigenvalue weighted by Crippen LogP contribution is 2.23. The number of hydrogen-bond acceptors (Lipinski definition) is 6. The third-order valence-electron chi connectivity index (χ3n) is 2.80. The van der Waals surface area contributed by atoms with E-state index in [1.54, 1.807) is 6.92 Å². The van der Waals surface area contributed by atoms with Crippen molar-refractivity contribution < 1.29 is 4.42 Å². The largest absolute Gasteiger partial charge is 0.425 e. The Morgan fingerprint density at radius 1 is 1.05 bits per heavy atom. The van der Waals surface area contributed by atoms with Gasteiger partial charge in [-0.1, -0.05) is 42.1 Å². The molecule has 0 unspecified atom stereocenters. The van der Waals surface area contributed by atoms with Gasteiger partial charge < -0.3 is 4.42 Å². The summed E-state index contributed by atoms with van der Waals surface area (Å²) in [4.78, 5) is 9.03. The van der Waals surface area contributed by atoms with E-state index >= 15 is 0 Å². The lowest BCUT2D eigenvalue weighted by molar-refractivity contribution is 0.485. The summed E-state index contributed by atoms with van der Waals surface area (Å²) in [5.74, 6) is 1.73. The van der Waals surface area contributed by atoms with Gasteiger partial charge in [-0.2, -0.15) is 0 Å². The lowest BCUT2D eigenvalue weighted by Gasteiger charge is -2.05. The van der Waals surface area contributed by atoms with Crippen molar-refractivity contribution in [3.05, 3.63) is 53.9 Å². The van der Waals surface area contributed by atoms with Crippen molar-refractivity contribution in [3.63, 3.8) is 0 Å². The van der Waals surface area contributed by atoms with Crippen LogP contribution in [0, 0.1) is 13.8 Å². The highest BCUT2D eigenvalue weighted by Gasteiger charge is 2.08. The van der Waals surface area contributed by atoms with Crippen molar-refractivity contribution in [1.82, 2.24) is 20.2 Å². The summed E-state index contributed by atoms with van der Waals surface area (Å²) in [6, 6.07) is 12.1. The van der Waals surface area contributed by atoms with Crippen LogP contribution in [-0.4, -0.2) is 20.2 Å². The van der Waals surface area contributed by atoms with Gasteiger partial charge in [-0.25, -0.2) is 9.97 Å². The summed E-state index contributed by atoms with van der Waals surface area (Å²) in [5, 5.41) is 8.49. The Morgan fingerprint density at radius 2 is 1.86 bits per heavy atom. The van der Waals surface area contributed by atoms with E-state index in [0.717, 1.165) is 17.0 Å². The molecular weight excluding hydrogens is 284 g/mol. The number of nitrogens with zero attached hydrogens (tertiary/aromatic N) is 4. The second-order valence-electron chi connectivity index (χ2n) is 4.55. The van der Waals surface area contributed by atoms with Crippen molar-refractivity contribution in [1.29, 1.82) is 0 Å². The molecule has 0 N–H and O–H groups in total. The van der Waals surface area contributed by atoms with Crippen LogP contribution in [0.5, 0.6) is 0 Å². The molecule has 0 aliphatic rings. The third-order valence-corrected chi connectivity index (χ3v) is 3.63. The molecule has 3 aromatic rings. The molecule has 0 radical (unpaired) electrons. The molecule has 0 atom stereocenters. The van der Waals surface area contributed by atoms with E-state index in [-0.39, 0.29) is 0 Å². The monoisotopic (exact) mass is 298 g/mol. The molecule has 0 aliphatic carbocycles. The first-order chi connectivity index (χ1) is 10.2. The van der Waals surface area contributed by atoms with Crippen LogP contribution >= 0.6 is 11.8 Å². The van der Waals surface area contributed by atoms with Gasteiger partial charge >= 0.3 is 0 Å². The first-order valence-electron chi connectivity index (χ1n) is 6.53. The highest BCUT2D eigenvalue weighted by atomic mass is 32.2. The molecule has 0 aliphatic heterocycles. The van der Waals surface area contributed by atoms with Gasteiger partial charge in [0.1, 0.15) is 0 Å². The van der Waals surface area contributed by atoms with Crippen LogP contribution in [0.15, 0.2) is 46.0 Å². The summed E-state index contributed by atoms with van der Waals surface area (Å²) in [6.07, 6.45) is 0. The molecule has 2 heterocycles. The summed E-state index contributed by atoms with van der Waals surface area (Å²) < 4.78 is 5.35. The van der Waals surface area contributed by atoms with Crippen molar-refractivity contribution in [3.8, 4) is 11.3 Å². The second-order valence-corrected chi connectivity index (χ2v) is 5.49. The first-order valence-corrected chi connectivity index (χ1v) is 7.52. The van der Waals surface area contributed by atoms with Gasteiger partial charge in [0.25, 0.3) is 0 Å². The van der Waals surface area contributed by atoms with Gasteiger partial charge in [-0.05, 0) is 13.0 Å². The fraction of sp³-hybridized carbons (Fsp3) is 0.200. The van der Waals surface area contributed by atoms with E-state index < -0.39 is 0 Å². The van der Waals surface area contributed by atoms with Crippen LogP contribution in [0.3, 0.4) is 0 Å². The summed E-state index contributed by atoms with van der Waals surface area (Å²) in [6.45, 7) is 3.74. The first kappa shape index (κ1) is 13.8. The maximum absolute atomic E-state index is 5.35. The highest BCUT2D eigenvalue weighted by molar-refractivity contribution is 7.98. The average molecular weight is 298 g/mol. The number of hydrogen-bond donors (Lipinski definition) is 0. The molecular formula is C15H14N4OS. The topological polar surface area (TPSA) is 64.7 Å². The average Bonchev–Trinajstić information content (AvgIpc) is 2.91. The predicted molar refractivity (Wildman–Crippen MR) is 80.8 cm³/mol. The Morgan fingerprint density at radius 3 is 2.57 bits per heavy atom. The van der Waals surface area contributed by atoms with Crippen LogP contribution < -0.4 is 0 Å². The fourth-order valence-corrected chi connectivity index (χ4v) is 2.63. The fourth-order valence-electron chi connectivity index (χ4n) is 1.88. The third kappa shape index (κ3) is 3.46. The lowest BCUT2D eigenvalue weighted by Crippen LogP contribution is -1.94. The summed E-state index contributed by atoms with van der Waals surface area (Å²) in [7, 11) is 0. The van der Waals surface area contributed by atoms with E-state index in [4.69, 9.17) is 4.42 Å². The molecule has 5 nitrogen and oxygen atoms in total. The number of benzene rings is 1. The van der Waals surface area contributed by atoms with Gasteiger partial charge in [0, 0.05) is 18.2 Å². The molecule has 0 saturated carbocycles. The Kier molecular flexibility index (Phi) is 3.96. The van der Waals surface area contributed by atoms with Crippen molar-refractivity contribution in [2.75, 3.05) is 0 Å². The lowest BCUT2D eigenvalue weighted by atomic mass is 10.1.